The van der Waals surface area contributed by atoms with E-state index in [1.54, 1.807) is 0 Å². The fourth-order valence-electron chi connectivity index (χ4n) is 1.64. The molecular formula is C8H20N3S+. The Morgan fingerprint density at radius 1 is 0.917 bits per heavy atom. The van der Waals surface area contributed by atoms with Gasteiger partial charge in [-0.15, -0.1) is 0 Å². The molecule has 1 saturated heterocycles. The predicted octanol–water partition coefficient (Wildman–Crippen LogP) is 0.569. The molecule has 0 aromatic heterocycles. The van der Waals surface area contributed by atoms with Crippen LogP contribution in [0.25, 0.3) is 0 Å². The molecule has 0 spiro atoms. The minimum absolute atomic E-state index is 0.197. The highest BCUT2D eigenvalue weighted by Gasteiger charge is 2.37. The largest absolute Gasteiger partial charge is 0.266 e. The number of rotatable bonds is 3. The number of hydrogen-bond donors (Lipinski definition) is 0. The molecule has 4 heteroatoms. The van der Waals surface area contributed by atoms with E-state index in [-0.39, 0.29) is 11.5 Å². The maximum Gasteiger partial charge on any atom is 0.266 e. The van der Waals surface area contributed by atoms with Crippen molar-refractivity contribution in [2.45, 2.75) is 12.8 Å². The van der Waals surface area contributed by atoms with Crippen LogP contribution in [0.4, 0.5) is 0 Å². The van der Waals surface area contributed by atoms with Gasteiger partial charge in [-0.2, -0.15) is 0 Å². The lowest BCUT2D eigenvalue weighted by Gasteiger charge is -2.23. The van der Waals surface area contributed by atoms with Gasteiger partial charge in [0.25, 0.3) is 11.5 Å². The molecule has 0 saturated carbocycles. The normalized spacial score (nSPS) is 20.2. The second kappa shape index (κ2) is 4.46. The molecule has 0 unspecified atom stereocenters. The van der Waals surface area contributed by atoms with Gasteiger partial charge in [0.05, 0.1) is 0 Å². The van der Waals surface area contributed by atoms with Gasteiger partial charge in [-0.1, -0.05) is 12.9 Å². The Bertz CT molecular complexity index is 124. The smallest absolute Gasteiger partial charge is 0.0942 e. The molecule has 1 fully saturated rings. The maximum atomic E-state index is 2.56. The van der Waals surface area contributed by atoms with Crippen molar-refractivity contribution in [2.75, 3.05) is 41.3 Å². The van der Waals surface area contributed by atoms with Gasteiger partial charge in [0, 0.05) is 41.3 Å². The fourth-order valence-corrected chi connectivity index (χ4v) is 3.80. The standard InChI is InChI=1S/C8H20N3S/c1-9(2)12(10(3)4)11-7-5-6-8-11/h5-8H2,1-4H3/q+1. The van der Waals surface area contributed by atoms with Crippen LogP contribution >= 0.6 is 0 Å². The van der Waals surface area contributed by atoms with Crippen LogP contribution in [0.5, 0.6) is 0 Å². The minimum Gasteiger partial charge on any atom is -0.0942 e. The van der Waals surface area contributed by atoms with Crippen molar-refractivity contribution >= 4 is 11.5 Å². The van der Waals surface area contributed by atoms with Crippen LogP contribution in [0.2, 0.25) is 0 Å². The SMILES string of the molecule is CN(C)[S+](N(C)C)N1CCCC1. The van der Waals surface area contributed by atoms with E-state index in [0.717, 1.165) is 0 Å². The van der Waals surface area contributed by atoms with Gasteiger partial charge < -0.3 is 0 Å². The summed E-state index contributed by atoms with van der Waals surface area (Å²) in [6.07, 6.45) is 2.73. The summed E-state index contributed by atoms with van der Waals surface area (Å²) in [6.45, 7) is 2.53. The summed E-state index contributed by atoms with van der Waals surface area (Å²) in [5.41, 5.74) is 0. The Labute approximate surface area is 79.1 Å². The number of hydrogen-bond acceptors (Lipinski definition) is 3. The first kappa shape index (κ1) is 10.3. The van der Waals surface area contributed by atoms with E-state index in [1.165, 1.54) is 25.9 Å². The Kier molecular flexibility index (Phi) is 3.83. The molecule has 0 N–H and O–H groups in total. The summed E-state index contributed by atoms with van der Waals surface area (Å²) < 4.78 is 7.15. The van der Waals surface area contributed by atoms with E-state index in [0.29, 0.717) is 0 Å². The lowest BCUT2D eigenvalue weighted by atomic mass is 10.4. The minimum atomic E-state index is 0.197. The highest BCUT2D eigenvalue weighted by Crippen LogP contribution is 2.17. The monoisotopic (exact) mass is 190 g/mol. The summed E-state index contributed by atoms with van der Waals surface area (Å²) in [5, 5.41) is 0. The molecule has 1 rings (SSSR count). The Hall–Kier alpha value is 0.230. The van der Waals surface area contributed by atoms with E-state index in [2.05, 4.69) is 41.1 Å². The molecule has 0 aromatic rings. The van der Waals surface area contributed by atoms with Crippen LogP contribution in [-0.4, -0.2) is 54.2 Å². The third kappa shape index (κ3) is 2.36. The lowest BCUT2D eigenvalue weighted by Crippen LogP contribution is -2.46. The molecular weight excluding hydrogens is 170 g/mol. The van der Waals surface area contributed by atoms with Gasteiger partial charge >= 0.3 is 0 Å². The predicted molar refractivity (Wildman–Crippen MR) is 55.5 cm³/mol. The van der Waals surface area contributed by atoms with Crippen molar-refractivity contribution in [1.82, 2.24) is 12.9 Å². The van der Waals surface area contributed by atoms with Crippen molar-refractivity contribution in [3.05, 3.63) is 0 Å². The topological polar surface area (TPSA) is 9.72 Å². The third-order valence-corrected chi connectivity index (χ3v) is 4.08. The molecule has 0 aromatic carbocycles. The van der Waals surface area contributed by atoms with E-state index in [4.69, 9.17) is 0 Å². The van der Waals surface area contributed by atoms with Crippen LogP contribution in [0.15, 0.2) is 0 Å². The van der Waals surface area contributed by atoms with E-state index < -0.39 is 0 Å². The first-order valence-corrected chi connectivity index (χ1v) is 5.56. The summed E-state index contributed by atoms with van der Waals surface area (Å²) in [4.78, 5) is 0. The molecule has 3 nitrogen and oxygen atoms in total. The van der Waals surface area contributed by atoms with Crippen LogP contribution in [0, 0.1) is 0 Å². The van der Waals surface area contributed by atoms with Crippen molar-refractivity contribution in [3.63, 3.8) is 0 Å². The second-order valence-corrected chi connectivity index (χ2v) is 5.97. The molecule has 12 heavy (non-hydrogen) atoms. The summed E-state index contributed by atoms with van der Waals surface area (Å²) in [7, 11) is 8.62. The Balaban J connectivity index is 2.52. The highest BCUT2D eigenvalue weighted by atomic mass is 32.2. The van der Waals surface area contributed by atoms with E-state index >= 15 is 0 Å². The van der Waals surface area contributed by atoms with Gasteiger partial charge in [-0.05, 0) is 12.8 Å². The number of nitrogens with zero attached hydrogens (tertiary/aromatic N) is 3. The quantitative estimate of drug-likeness (QED) is 0.602. The van der Waals surface area contributed by atoms with Crippen molar-refractivity contribution in [2.24, 2.45) is 0 Å². The van der Waals surface area contributed by atoms with Crippen LogP contribution in [0.1, 0.15) is 12.8 Å². The van der Waals surface area contributed by atoms with Crippen molar-refractivity contribution < 1.29 is 0 Å². The fraction of sp³-hybridized carbons (Fsp3) is 1.00. The first-order valence-electron chi connectivity index (χ1n) is 4.47. The molecule has 1 aliphatic rings. The molecule has 0 atom stereocenters. The van der Waals surface area contributed by atoms with Crippen LogP contribution in [0.3, 0.4) is 0 Å². The highest BCUT2D eigenvalue weighted by molar-refractivity contribution is 7.90. The second-order valence-electron chi connectivity index (χ2n) is 3.51. The molecule has 1 heterocycles. The molecule has 0 bridgehead atoms. The van der Waals surface area contributed by atoms with Crippen LogP contribution < -0.4 is 0 Å². The van der Waals surface area contributed by atoms with Gasteiger partial charge in [-0.3, -0.25) is 0 Å². The summed E-state index contributed by atoms with van der Waals surface area (Å²) in [6, 6.07) is 0. The van der Waals surface area contributed by atoms with Gasteiger partial charge in [0.1, 0.15) is 0 Å². The molecule has 72 valence electrons. The van der Waals surface area contributed by atoms with Crippen LogP contribution in [-0.2, 0) is 11.5 Å². The van der Waals surface area contributed by atoms with E-state index in [1.807, 2.05) is 0 Å². The Morgan fingerprint density at radius 3 is 1.67 bits per heavy atom. The Morgan fingerprint density at radius 2 is 1.33 bits per heavy atom. The van der Waals surface area contributed by atoms with Gasteiger partial charge in [0.2, 0.25) is 0 Å². The average molecular weight is 190 g/mol. The lowest BCUT2D eigenvalue weighted by molar-refractivity contribution is 0.469. The zero-order valence-corrected chi connectivity index (χ0v) is 9.39. The summed E-state index contributed by atoms with van der Waals surface area (Å²) >= 11 is 0.197. The van der Waals surface area contributed by atoms with Gasteiger partial charge in [0.15, 0.2) is 0 Å². The average Bonchev–Trinajstić information content (AvgIpc) is 2.37. The first-order chi connectivity index (χ1) is 5.63. The molecule has 0 radical (unpaired) electrons. The summed E-state index contributed by atoms with van der Waals surface area (Å²) in [5.74, 6) is 0. The third-order valence-electron chi connectivity index (χ3n) is 1.95. The maximum absolute atomic E-state index is 2.56. The van der Waals surface area contributed by atoms with E-state index in [9.17, 15) is 0 Å². The van der Waals surface area contributed by atoms with Crippen molar-refractivity contribution in [1.29, 1.82) is 0 Å². The zero-order valence-electron chi connectivity index (χ0n) is 8.58. The zero-order chi connectivity index (χ0) is 9.14. The molecule has 0 amide bonds. The molecule has 0 aliphatic carbocycles. The molecule has 1 aliphatic heterocycles. The van der Waals surface area contributed by atoms with Gasteiger partial charge in [-0.25, -0.2) is 0 Å². The van der Waals surface area contributed by atoms with Crippen molar-refractivity contribution in [3.8, 4) is 0 Å².